The molecule has 0 spiro atoms. The number of nitrogens with one attached hydrogen (secondary N) is 1. The number of rotatable bonds is 1. The summed E-state index contributed by atoms with van der Waals surface area (Å²) in [6.07, 6.45) is 0. The first-order valence-electron chi connectivity index (χ1n) is 5.93. The highest BCUT2D eigenvalue weighted by Gasteiger charge is 2.21. The van der Waals surface area contributed by atoms with Crippen molar-refractivity contribution in [3.05, 3.63) is 12.1 Å². The number of carbonyl (C=O) groups excluding carboxylic acids is 1. The van der Waals surface area contributed by atoms with Crippen molar-refractivity contribution in [2.75, 3.05) is 48.9 Å². The predicted octanol–water partition coefficient (Wildman–Crippen LogP) is 0.436. The van der Waals surface area contributed by atoms with Crippen molar-refractivity contribution in [2.45, 2.75) is 0 Å². The maximum atomic E-state index is 11.3. The minimum absolute atomic E-state index is 0.0450. The molecule has 1 aromatic rings. The van der Waals surface area contributed by atoms with Gasteiger partial charge in [-0.3, -0.25) is 4.79 Å². The molecule has 2 aliphatic rings. The van der Waals surface area contributed by atoms with Crippen LogP contribution in [0.2, 0.25) is 0 Å². The molecule has 6 nitrogen and oxygen atoms in total. The Balaban J connectivity index is 1.94. The molecule has 0 radical (unpaired) electrons. The summed E-state index contributed by atoms with van der Waals surface area (Å²) in [4.78, 5) is 13.4. The van der Waals surface area contributed by atoms with Gasteiger partial charge in [0.2, 0.25) is 0 Å². The molecule has 96 valence electrons. The van der Waals surface area contributed by atoms with Gasteiger partial charge in [0.15, 0.2) is 6.61 Å². The van der Waals surface area contributed by atoms with Crippen LogP contribution in [0.3, 0.4) is 0 Å². The van der Waals surface area contributed by atoms with E-state index in [0.717, 1.165) is 18.8 Å². The first kappa shape index (κ1) is 11.2. The molecule has 18 heavy (non-hydrogen) atoms. The largest absolute Gasteiger partial charge is 0.482 e. The fourth-order valence-electron chi connectivity index (χ4n) is 2.21. The molecule has 2 aliphatic heterocycles. The first-order valence-corrected chi connectivity index (χ1v) is 5.93. The molecule has 1 saturated heterocycles. The van der Waals surface area contributed by atoms with Crippen molar-refractivity contribution in [2.24, 2.45) is 0 Å². The smallest absolute Gasteiger partial charge is 0.262 e. The van der Waals surface area contributed by atoms with Crippen molar-refractivity contribution in [3.8, 4) is 5.75 Å². The number of amides is 1. The predicted molar refractivity (Wildman–Crippen MR) is 68.0 cm³/mol. The molecular formula is C12H15N3O3. The number of morpholine rings is 1. The summed E-state index contributed by atoms with van der Waals surface area (Å²) in [7, 11) is 0. The fraction of sp³-hybridized carbons (Fsp3) is 0.417. The third-order valence-electron chi connectivity index (χ3n) is 3.11. The van der Waals surface area contributed by atoms with Gasteiger partial charge in [0, 0.05) is 19.2 Å². The molecule has 0 saturated carbocycles. The third kappa shape index (κ3) is 1.95. The quantitative estimate of drug-likeness (QED) is 0.706. The number of carbonyl (C=O) groups is 1. The molecule has 3 N–H and O–H groups in total. The van der Waals surface area contributed by atoms with Gasteiger partial charge in [-0.2, -0.15) is 0 Å². The van der Waals surface area contributed by atoms with Crippen LogP contribution in [-0.2, 0) is 9.53 Å². The van der Waals surface area contributed by atoms with Gasteiger partial charge in [-0.25, -0.2) is 0 Å². The highest BCUT2D eigenvalue weighted by atomic mass is 16.5. The van der Waals surface area contributed by atoms with Crippen molar-refractivity contribution in [3.63, 3.8) is 0 Å². The molecule has 1 aromatic carbocycles. The number of ether oxygens (including phenoxy) is 2. The van der Waals surface area contributed by atoms with Gasteiger partial charge in [0.25, 0.3) is 5.91 Å². The second-order valence-electron chi connectivity index (χ2n) is 4.34. The normalized spacial score (nSPS) is 18.9. The summed E-state index contributed by atoms with van der Waals surface area (Å²) in [5.74, 6) is 0.490. The summed E-state index contributed by atoms with van der Waals surface area (Å²) in [6.45, 7) is 3.04. The Morgan fingerprint density at radius 3 is 2.83 bits per heavy atom. The van der Waals surface area contributed by atoms with E-state index in [1.807, 2.05) is 6.07 Å². The van der Waals surface area contributed by atoms with E-state index in [0.29, 0.717) is 30.3 Å². The van der Waals surface area contributed by atoms with Crippen molar-refractivity contribution in [1.29, 1.82) is 0 Å². The lowest BCUT2D eigenvalue weighted by Gasteiger charge is -2.31. The first-order chi connectivity index (χ1) is 8.74. The lowest BCUT2D eigenvalue weighted by atomic mass is 10.1. The van der Waals surface area contributed by atoms with Gasteiger partial charge in [0.1, 0.15) is 5.75 Å². The third-order valence-corrected chi connectivity index (χ3v) is 3.11. The Kier molecular flexibility index (Phi) is 2.71. The zero-order valence-electron chi connectivity index (χ0n) is 9.94. The van der Waals surface area contributed by atoms with Crippen LogP contribution < -0.4 is 20.7 Å². The Labute approximate surface area is 105 Å². The lowest BCUT2D eigenvalue weighted by molar-refractivity contribution is -0.118. The molecule has 0 aliphatic carbocycles. The van der Waals surface area contributed by atoms with Crippen LogP contribution in [0.4, 0.5) is 17.1 Å². The van der Waals surface area contributed by atoms with E-state index in [-0.39, 0.29) is 12.5 Å². The van der Waals surface area contributed by atoms with Crippen LogP contribution in [0, 0.1) is 0 Å². The fourth-order valence-corrected chi connectivity index (χ4v) is 2.21. The average molecular weight is 249 g/mol. The van der Waals surface area contributed by atoms with Gasteiger partial charge in [-0.05, 0) is 6.07 Å². The SMILES string of the molecule is Nc1cc2c(cc1N1CCOCC1)NC(=O)CO2. The van der Waals surface area contributed by atoms with E-state index in [4.69, 9.17) is 15.2 Å². The highest BCUT2D eigenvalue weighted by molar-refractivity contribution is 5.97. The van der Waals surface area contributed by atoms with Crippen LogP contribution in [0.1, 0.15) is 0 Å². The van der Waals surface area contributed by atoms with E-state index >= 15 is 0 Å². The van der Waals surface area contributed by atoms with Gasteiger partial charge in [0.05, 0.1) is 30.3 Å². The number of nitrogen functional groups attached to an aromatic ring is 1. The summed E-state index contributed by atoms with van der Waals surface area (Å²) in [5, 5.41) is 2.79. The number of hydrogen-bond donors (Lipinski definition) is 2. The van der Waals surface area contributed by atoms with Gasteiger partial charge in [-0.15, -0.1) is 0 Å². The molecular weight excluding hydrogens is 234 g/mol. The van der Waals surface area contributed by atoms with Crippen LogP contribution in [0.5, 0.6) is 5.75 Å². The molecule has 0 atom stereocenters. The highest BCUT2D eigenvalue weighted by Crippen LogP contribution is 2.37. The van der Waals surface area contributed by atoms with Crippen LogP contribution in [0.25, 0.3) is 0 Å². The van der Waals surface area contributed by atoms with E-state index in [2.05, 4.69) is 10.2 Å². The molecule has 1 fully saturated rings. The minimum Gasteiger partial charge on any atom is -0.482 e. The second-order valence-corrected chi connectivity index (χ2v) is 4.34. The minimum atomic E-state index is -0.139. The summed E-state index contributed by atoms with van der Waals surface area (Å²) >= 11 is 0. The number of hydrogen-bond acceptors (Lipinski definition) is 5. The van der Waals surface area contributed by atoms with E-state index < -0.39 is 0 Å². The monoisotopic (exact) mass is 249 g/mol. The van der Waals surface area contributed by atoms with E-state index in [1.54, 1.807) is 6.07 Å². The Morgan fingerprint density at radius 2 is 2.06 bits per heavy atom. The number of fused-ring (bicyclic) bond motifs is 1. The Morgan fingerprint density at radius 1 is 1.28 bits per heavy atom. The molecule has 2 heterocycles. The van der Waals surface area contributed by atoms with Gasteiger partial charge in [-0.1, -0.05) is 0 Å². The molecule has 3 rings (SSSR count). The van der Waals surface area contributed by atoms with Crippen LogP contribution in [0.15, 0.2) is 12.1 Å². The molecule has 0 aromatic heterocycles. The number of nitrogens with two attached hydrogens (primary N) is 1. The summed E-state index contributed by atoms with van der Waals surface area (Å²) < 4.78 is 10.6. The summed E-state index contributed by atoms with van der Waals surface area (Å²) in [5.41, 5.74) is 8.30. The molecule has 6 heteroatoms. The Bertz CT molecular complexity index is 484. The van der Waals surface area contributed by atoms with Gasteiger partial charge >= 0.3 is 0 Å². The maximum Gasteiger partial charge on any atom is 0.262 e. The topological polar surface area (TPSA) is 76.8 Å². The Hall–Kier alpha value is -1.95. The molecule has 0 unspecified atom stereocenters. The van der Waals surface area contributed by atoms with E-state index in [9.17, 15) is 4.79 Å². The van der Waals surface area contributed by atoms with Gasteiger partial charge < -0.3 is 25.4 Å². The number of nitrogens with zero attached hydrogens (tertiary/aromatic N) is 1. The zero-order chi connectivity index (χ0) is 12.5. The van der Waals surface area contributed by atoms with E-state index in [1.165, 1.54) is 0 Å². The van der Waals surface area contributed by atoms with Crippen LogP contribution in [-0.4, -0.2) is 38.8 Å². The number of anilines is 3. The maximum absolute atomic E-state index is 11.3. The van der Waals surface area contributed by atoms with Crippen molar-refractivity contribution < 1.29 is 14.3 Å². The van der Waals surface area contributed by atoms with Crippen molar-refractivity contribution in [1.82, 2.24) is 0 Å². The standard InChI is InChI=1S/C12H15N3O3/c13-8-5-11-9(14-12(16)7-18-11)6-10(8)15-1-3-17-4-2-15/h5-6H,1-4,7,13H2,(H,14,16). The lowest BCUT2D eigenvalue weighted by Crippen LogP contribution is -2.37. The summed E-state index contributed by atoms with van der Waals surface area (Å²) in [6, 6.07) is 3.63. The second kappa shape index (κ2) is 4.38. The zero-order valence-corrected chi connectivity index (χ0v) is 9.94. The van der Waals surface area contributed by atoms with Crippen molar-refractivity contribution >= 4 is 23.0 Å². The number of benzene rings is 1. The molecule has 1 amide bonds. The average Bonchev–Trinajstić information content (AvgIpc) is 2.39. The van der Waals surface area contributed by atoms with Crippen LogP contribution >= 0.6 is 0 Å². The molecule has 0 bridgehead atoms.